The number of allylic oxidation sites excluding steroid dienone is 1. The van der Waals surface area contributed by atoms with Crippen LogP contribution < -0.4 is 10.4 Å². The van der Waals surface area contributed by atoms with Crippen molar-refractivity contribution in [3.8, 4) is 0 Å². The summed E-state index contributed by atoms with van der Waals surface area (Å²) < 4.78 is 101. The maximum atomic E-state index is 13.5. The van der Waals surface area contributed by atoms with Gasteiger partial charge in [0.2, 0.25) is 0 Å². The van der Waals surface area contributed by atoms with Crippen LogP contribution in [0.1, 0.15) is 19.3 Å². The van der Waals surface area contributed by atoms with Crippen molar-refractivity contribution in [2.45, 2.75) is 36.2 Å². The molecule has 1 aromatic rings. The lowest BCUT2D eigenvalue weighted by molar-refractivity contribution is -0.0425. The molecule has 3 rings (SSSR count). The number of alkyl halides is 4. The second-order valence-corrected chi connectivity index (χ2v) is 10.7. The average molecular weight is 423 g/mol. The molecule has 2 unspecified atom stereocenters. The van der Waals surface area contributed by atoms with Crippen LogP contribution >= 0.6 is 0 Å². The summed E-state index contributed by atoms with van der Waals surface area (Å²) >= 11 is 0. The highest BCUT2D eigenvalue weighted by Crippen LogP contribution is 2.40. The Morgan fingerprint density at radius 3 is 2.22 bits per heavy atom. The first kappa shape index (κ1) is 19.9. The zero-order chi connectivity index (χ0) is 20.0. The van der Waals surface area contributed by atoms with Gasteiger partial charge in [-0.25, -0.2) is 21.2 Å². The Balaban J connectivity index is 2.29. The highest BCUT2D eigenvalue weighted by atomic mass is 32.3. The quantitative estimate of drug-likeness (QED) is 0.550. The van der Waals surface area contributed by atoms with Crippen molar-refractivity contribution in [2.75, 3.05) is 0 Å². The van der Waals surface area contributed by atoms with Crippen LogP contribution in [0.2, 0.25) is 0 Å². The summed E-state index contributed by atoms with van der Waals surface area (Å²) in [5.74, 6) is 0. The van der Waals surface area contributed by atoms with E-state index >= 15 is 0 Å². The molecule has 0 radical (unpaired) electrons. The molecule has 4 nitrogen and oxygen atoms in total. The van der Waals surface area contributed by atoms with Crippen molar-refractivity contribution in [3.05, 3.63) is 50.9 Å². The number of halogens is 4. The Morgan fingerprint density at radius 1 is 1.04 bits per heavy atom. The molecule has 1 saturated carbocycles. The molecule has 0 N–H and O–H groups in total. The molecule has 0 aromatic heterocycles. The third-order valence-electron chi connectivity index (χ3n) is 4.55. The van der Waals surface area contributed by atoms with Crippen molar-refractivity contribution < 1.29 is 34.4 Å². The highest BCUT2D eigenvalue weighted by Gasteiger charge is 2.52. The molecule has 10 heteroatoms. The monoisotopic (exact) mass is 423 g/mol. The van der Waals surface area contributed by atoms with Gasteiger partial charge < -0.3 is 0 Å². The first-order chi connectivity index (χ1) is 12.4. The highest BCUT2D eigenvalue weighted by molar-refractivity contribution is 8.15. The summed E-state index contributed by atoms with van der Waals surface area (Å²) in [6.45, 7) is 0. The SMILES string of the molecule is O=S(=O)(/C(=C1\C=c2ccccc2=C[CH-]1)S(=O)(=O)C(F)(F)F)C1CCC(F)C1. The van der Waals surface area contributed by atoms with Crippen LogP contribution in [-0.2, 0) is 19.7 Å². The van der Waals surface area contributed by atoms with E-state index in [1.165, 1.54) is 12.1 Å². The van der Waals surface area contributed by atoms with E-state index in [2.05, 4.69) is 0 Å². The van der Waals surface area contributed by atoms with E-state index < -0.39 is 52.8 Å². The summed E-state index contributed by atoms with van der Waals surface area (Å²) in [4.78, 5) is 0. The Bertz CT molecular complexity index is 1120. The number of hydrogen-bond acceptors (Lipinski definition) is 4. The van der Waals surface area contributed by atoms with Crippen molar-refractivity contribution >= 4 is 31.8 Å². The van der Waals surface area contributed by atoms with Crippen molar-refractivity contribution in [1.82, 2.24) is 0 Å². The number of fused-ring (bicyclic) bond motifs is 1. The maximum absolute atomic E-state index is 13.5. The van der Waals surface area contributed by atoms with Gasteiger partial charge in [-0.15, -0.1) is 29.4 Å². The van der Waals surface area contributed by atoms with Crippen LogP contribution in [0.4, 0.5) is 17.6 Å². The lowest BCUT2D eigenvalue weighted by atomic mass is 10.0. The second kappa shape index (κ2) is 6.66. The van der Waals surface area contributed by atoms with E-state index in [4.69, 9.17) is 0 Å². The summed E-state index contributed by atoms with van der Waals surface area (Å²) in [5, 5.41) is -0.520. The predicted octanol–water partition coefficient (Wildman–Crippen LogP) is 1.92. The fourth-order valence-corrected chi connectivity index (χ4v) is 7.44. The molecule has 1 aromatic carbocycles. The predicted molar refractivity (Wildman–Crippen MR) is 92.4 cm³/mol. The minimum atomic E-state index is -6.17. The van der Waals surface area contributed by atoms with Gasteiger partial charge in [0, 0.05) is 0 Å². The van der Waals surface area contributed by atoms with Gasteiger partial charge in [0.1, 0.15) is 6.17 Å². The van der Waals surface area contributed by atoms with Crippen LogP contribution in [0.15, 0.2) is 34.1 Å². The van der Waals surface area contributed by atoms with Gasteiger partial charge in [-0.1, -0.05) is 29.5 Å². The topological polar surface area (TPSA) is 68.3 Å². The summed E-state index contributed by atoms with van der Waals surface area (Å²) in [7, 11) is -11.1. The molecule has 148 valence electrons. The van der Waals surface area contributed by atoms with Crippen LogP contribution in [-0.4, -0.2) is 33.8 Å². The molecular formula is C17H15F4O4S2-. The molecule has 0 heterocycles. The first-order valence-electron chi connectivity index (χ1n) is 8.00. The van der Waals surface area contributed by atoms with Gasteiger partial charge in [0.05, 0.1) is 9.49 Å². The zero-order valence-corrected chi connectivity index (χ0v) is 15.4. The third-order valence-corrected chi connectivity index (χ3v) is 9.30. The molecule has 2 aliphatic rings. The Hall–Kier alpha value is -1.81. The first-order valence-corrected chi connectivity index (χ1v) is 11.0. The summed E-state index contributed by atoms with van der Waals surface area (Å²) in [6.07, 6.45) is 1.09. The fraction of sp³-hybridized carbons (Fsp3) is 0.353. The molecule has 27 heavy (non-hydrogen) atoms. The van der Waals surface area contributed by atoms with Gasteiger partial charge in [0.25, 0.3) is 9.84 Å². The number of benzene rings is 1. The van der Waals surface area contributed by atoms with E-state index in [1.54, 1.807) is 18.2 Å². The van der Waals surface area contributed by atoms with Gasteiger partial charge >= 0.3 is 5.51 Å². The smallest absolute Gasteiger partial charge is 0.247 e. The zero-order valence-electron chi connectivity index (χ0n) is 13.8. The van der Waals surface area contributed by atoms with Gasteiger partial charge in [-0.2, -0.15) is 13.2 Å². The van der Waals surface area contributed by atoms with E-state index in [0.29, 0.717) is 10.4 Å². The van der Waals surface area contributed by atoms with Crippen LogP contribution in [0.3, 0.4) is 0 Å². The molecule has 0 spiro atoms. The second-order valence-electron chi connectivity index (χ2n) is 6.38. The molecular weight excluding hydrogens is 408 g/mol. The lowest BCUT2D eigenvalue weighted by Gasteiger charge is -2.24. The average Bonchev–Trinajstić information content (AvgIpc) is 3.01. The standard InChI is InChI=1S/C17H15F4O4S2/c18-14-7-8-15(10-14)26(22,23)16(27(24,25)17(19,20)21)13-6-5-11-3-1-2-4-12(11)9-13/h1-6,9,14-15H,7-8,10H2/q-1/b16-13+. The Kier molecular flexibility index (Phi) is 4.92. The van der Waals surface area contributed by atoms with Gasteiger partial charge in [-0.05, 0) is 19.3 Å². The molecule has 0 aliphatic heterocycles. The summed E-state index contributed by atoms with van der Waals surface area (Å²) in [6, 6.07) is 6.44. The van der Waals surface area contributed by atoms with E-state index in [1.807, 2.05) is 0 Å². The minimum Gasteiger partial charge on any atom is -0.247 e. The van der Waals surface area contributed by atoms with E-state index in [-0.39, 0.29) is 12.8 Å². The van der Waals surface area contributed by atoms with Gasteiger partial charge in [0.15, 0.2) is 9.84 Å². The molecule has 0 saturated heterocycles. The number of rotatable bonds is 3. The van der Waals surface area contributed by atoms with E-state index in [0.717, 1.165) is 12.5 Å². The number of hydrogen-bond donors (Lipinski definition) is 0. The minimum absolute atomic E-state index is 0.138. The molecule has 2 aliphatic carbocycles. The van der Waals surface area contributed by atoms with E-state index in [9.17, 15) is 34.4 Å². The molecule has 2 atom stereocenters. The van der Waals surface area contributed by atoms with Crippen molar-refractivity contribution in [2.24, 2.45) is 0 Å². The van der Waals surface area contributed by atoms with Gasteiger partial charge in [-0.3, -0.25) is 0 Å². The summed E-state index contributed by atoms with van der Waals surface area (Å²) in [5.41, 5.74) is -6.37. The molecule has 1 fully saturated rings. The maximum Gasteiger partial charge on any atom is 0.494 e. The van der Waals surface area contributed by atoms with Crippen LogP contribution in [0.5, 0.6) is 0 Å². The van der Waals surface area contributed by atoms with Crippen LogP contribution in [0.25, 0.3) is 12.2 Å². The molecule has 0 bridgehead atoms. The van der Waals surface area contributed by atoms with Crippen LogP contribution in [0, 0.1) is 6.42 Å². The largest absolute Gasteiger partial charge is 0.494 e. The number of sulfone groups is 2. The fourth-order valence-electron chi connectivity index (χ4n) is 3.21. The Labute approximate surface area is 153 Å². The molecule has 0 amide bonds. The van der Waals surface area contributed by atoms with Crippen molar-refractivity contribution in [3.63, 3.8) is 0 Å². The normalized spacial score (nSPS) is 25.0. The lowest BCUT2D eigenvalue weighted by Crippen LogP contribution is -2.35. The Morgan fingerprint density at radius 2 is 1.67 bits per heavy atom. The van der Waals surface area contributed by atoms with Crippen molar-refractivity contribution in [1.29, 1.82) is 0 Å². The third kappa shape index (κ3) is 3.52.